The van der Waals surface area contributed by atoms with Crippen LogP contribution in [0, 0.1) is 0 Å². The van der Waals surface area contributed by atoms with Crippen LogP contribution < -0.4 is 15.8 Å². The highest BCUT2D eigenvalue weighted by molar-refractivity contribution is 7.89. The van der Waals surface area contributed by atoms with Gasteiger partial charge in [-0.25, -0.2) is 22.9 Å². The van der Waals surface area contributed by atoms with Crippen LogP contribution in [0.3, 0.4) is 0 Å². The van der Waals surface area contributed by atoms with E-state index < -0.39 is 27.5 Å². The van der Waals surface area contributed by atoms with Crippen molar-refractivity contribution < 1.29 is 26.0 Å². The molecule has 0 amide bonds. The molecule has 1 aromatic carbocycles. The van der Waals surface area contributed by atoms with E-state index >= 15 is 0 Å². The first-order valence-corrected chi connectivity index (χ1v) is 9.91. The SMILES string of the molecule is Cn1c(=O)oc2cc(S(=O)(=O)NCCNc3ncc(C(F)(F)F)cc3Cl)ccc21. The zero-order chi connectivity index (χ0) is 21.4. The summed E-state index contributed by atoms with van der Waals surface area (Å²) < 4.78 is 71.1. The van der Waals surface area contributed by atoms with E-state index in [2.05, 4.69) is 15.0 Å². The first-order chi connectivity index (χ1) is 13.5. The van der Waals surface area contributed by atoms with E-state index in [0.717, 1.165) is 6.07 Å². The Morgan fingerprint density at radius 3 is 2.62 bits per heavy atom. The Balaban J connectivity index is 1.63. The van der Waals surface area contributed by atoms with Gasteiger partial charge in [0, 0.05) is 32.4 Å². The molecule has 156 valence electrons. The molecule has 3 rings (SSSR count). The van der Waals surface area contributed by atoms with Crippen LogP contribution in [0.1, 0.15) is 5.56 Å². The Labute approximate surface area is 167 Å². The third-order valence-electron chi connectivity index (χ3n) is 3.95. The lowest BCUT2D eigenvalue weighted by atomic mass is 10.3. The fourth-order valence-electron chi connectivity index (χ4n) is 2.45. The topological polar surface area (TPSA) is 106 Å². The largest absolute Gasteiger partial charge is 0.419 e. The van der Waals surface area contributed by atoms with Crippen molar-refractivity contribution in [2.24, 2.45) is 7.05 Å². The quantitative estimate of drug-likeness (QED) is 0.559. The number of sulfonamides is 1. The molecule has 29 heavy (non-hydrogen) atoms. The van der Waals surface area contributed by atoms with Gasteiger partial charge in [0.25, 0.3) is 0 Å². The number of rotatable bonds is 6. The maximum Gasteiger partial charge on any atom is 0.419 e. The van der Waals surface area contributed by atoms with Crippen molar-refractivity contribution in [3.05, 3.63) is 51.6 Å². The lowest BCUT2D eigenvalue weighted by Gasteiger charge is -2.11. The number of aryl methyl sites for hydroxylation is 1. The number of anilines is 1. The minimum Gasteiger partial charge on any atom is -0.408 e. The Bertz CT molecular complexity index is 1220. The van der Waals surface area contributed by atoms with Gasteiger partial charge in [0.05, 0.1) is 21.0 Å². The van der Waals surface area contributed by atoms with E-state index in [1.807, 2.05) is 0 Å². The van der Waals surface area contributed by atoms with Crippen LogP contribution in [0.25, 0.3) is 11.1 Å². The number of nitrogens with zero attached hydrogens (tertiary/aromatic N) is 2. The van der Waals surface area contributed by atoms with Gasteiger partial charge < -0.3 is 9.73 Å². The number of aromatic nitrogens is 2. The first-order valence-electron chi connectivity index (χ1n) is 8.05. The van der Waals surface area contributed by atoms with E-state index in [0.29, 0.717) is 11.7 Å². The van der Waals surface area contributed by atoms with Gasteiger partial charge in [0.2, 0.25) is 10.0 Å². The number of nitrogens with one attached hydrogen (secondary N) is 2. The van der Waals surface area contributed by atoms with Crippen molar-refractivity contribution in [2.75, 3.05) is 18.4 Å². The monoisotopic (exact) mass is 450 g/mol. The number of halogens is 4. The number of hydrogen-bond donors (Lipinski definition) is 2. The second kappa shape index (κ2) is 7.69. The average molecular weight is 451 g/mol. The molecule has 0 atom stereocenters. The number of hydrogen-bond acceptors (Lipinski definition) is 6. The van der Waals surface area contributed by atoms with Crippen LogP contribution >= 0.6 is 11.6 Å². The van der Waals surface area contributed by atoms with E-state index in [1.54, 1.807) is 0 Å². The molecule has 8 nitrogen and oxygen atoms in total. The van der Waals surface area contributed by atoms with E-state index in [1.165, 1.54) is 29.8 Å². The molecule has 0 spiro atoms. The third-order valence-corrected chi connectivity index (χ3v) is 5.70. The highest BCUT2D eigenvalue weighted by atomic mass is 35.5. The predicted molar refractivity (Wildman–Crippen MR) is 99.4 cm³/mol. The summed E-state index contributed by atoms with van der Waals surface area (Å²) in [5.41, 5.74) is -0.422. The molecular weight excluding hydrogens is 437 g/mol. The molecule has 0 aliphatic heterocycles. The molecule has 0 bridgehead atoms. The van der Waals surface area contributed by atoms with Crippen LogP contribution in [0.2, 0.25) is 5.02 Å². The highest BCUT2D eigenvalue weighted by Crippen LogP contribution is 2.32. The lowest BCUT2D eigenvalue weighted by molar-refractivity contribution is -0.137. The first kappa shape index (κ1) is 21.1. The Morgan fingerprint density at radius 2 is 1.97 bits per heavy atom. The summed E-state index contributed by atoms with van der Waals surface area (Å²) in [6, 6.07) is 4.71. The molecule has 3 aromatic rings. The van der Waals surface area contributed by atoms with Crippen molar-refractivity contribution in [1.82, 2.24) is 14.3 Å². The highest BCUT2D eigenvalue weighted by Gasteiger charge is 2.31. The minimum absolute atomic E-state index is 0.00801. The van der Waals surface area contributed by atoms with Crippen molar-refractivity contribution in [3.63, 3.8) is 0 Å². The molecule has 0 saturated heterocycles. The summed E-state index contributed by atoms with van der Waals surface area (Å²) in [5, 5.41) is 2.41. The van der Waals surface area contributed by atoms with Gasteiger partial charge >= 0.3 is 11.9 Å². The van der Waals surface area contributed by atoms with Gasteiger partial charge in [-0.2, -0.15) is 13.2 Å². The molecule has 0 aliphatic rings. The summed E-state index contributed by atoms with van der Waals surface area (Å²) in [7, 11) is -2.42. The van der Waals surface area contributed by atoms with Gasteiger partial charge in [-0.05, 0) is 18.2 Å². The number of oxazole rings is 1. The Morgan fingerprint density at radius 1 is 1.24 bits per heavy atom. The number of alkyl halides is 3. The zero-order valence-electron chi connectivity index (χ0n) is 14.7. The van der Waals surface area contributed by atoms with Gasteiger partial charge in [-0.3, -0.25) is 4.57 Å². The summed E-state index contributed by atoms with van der Waals surface area (Å²) in [6.45, 7) is -0.0852. The van der Waals surface area contributed by atoms with Crippen molar-refractivity contribution >= 4 is 38.5 Å². The van der Waals surface area contributed by atoms with Gasteiger partial charge in [0.1, 0.15) is 5.82 Å². The molecular formula is C16H14ClF3N4O4S. The Hall–Kier alpha value is -2.57. The van der Waals surface area contributed by atoms with Crippen molar-refractivity contribution in [1.29, 1.82) is 0 Å². The van der Waals surface area contributed by atoms with E-state index in [4.69, 9.17) is 16.0 Å². The van der Waals surface area contributed by atoms with E-state index in [-0.39, 0.29) is 34.4 Å². The molecule has 2 aromatic heterocycles. The molecule has 0 saturated carbocycles. The number of pyridine rings is 1. The maximum atomic E-state index is 12.6. The molecule has 2 N–H and O–H groups in total. The fraction of sp³-hybridized carbons (Fsp3) is 0.250. The molecule has 2 heterocycles. The van der Waals surface area contributed by atoms with Gasteiger partial charge in [-0.15, -0.1) is 0 Å². The molecule has 0 aliphatic carbocycles. The number of benzene rings is 1. The van der Waals surface area contributed by atoms with Crippen LogP contribution in [0.15, 0.2) is 44.6 Å². The Kier molecular flexibility index (Phi) is 5.61. The van der Waals surface area contributed by atoms with Gasteiger partial charge in [-0.1, -0.05) is 11.6 Å². The second-order valence-corrected chi connectivity index (χ2v) is 8.11. The normalized spacial score (nSPS) is 12.4. The maximum absolute atomic E-state index is 12.6. The third kappa shape index (κ3) is 4.54. The van der Waals surface area contributed by atoms with Crippen LogP contribution in [0.4, 0.5) is 19.0 Å². The smallest absolute Gasteiger partial charge is 0.408 e. The predicted octanol–water partition coefficient (Wildman–Crippen LogP) is 2.59. The lowest BCUT2D eigenvalue weighted by Crippen LogP contribution is -2.29. The molecule has 0 fully saturated rings. The number of fused-ring (bicyclic) bond motifs is 1. The summed E-state index contributed by atoms with van der Waals surface area (Å²) in [4.78, 5) is 15.0. The molecule has 0 unspecified atom stereocenters. The van der Waals surface area contributed by atoms with Crippen molar-refractivity contribution in [3.8, 4) is 0 Å². The summed E-state index contributed by atoms with van der Waals surface area (Å²) in [5.74, 6) is -0.626. The fourth-order valence-corrected chi connectivity index (χ4v) is 3.73. The van der Waals surface area contributed by atoms with Crippen LogP contribution in [-0.2, 0) is 23.2 Å². The summed E-state index contributed by atoms with van der Waals surface area (Å²) >= 11 is 5.77. The minimum atomic E-state index is -4.57. The van der Waals surface area contributed by atoms with Crippen molar-refractivity contribution in [2.45, 2.75) is 11.1 Å². The van der Waals surface area contributed by atoms with Crippen LogP contribution in [-0.4, -0.2) is 31.1 Å². The molecule has 0 radical (unpaired) electrons. The molecule has 13 heteroatoms. The second-order valence-electron chi connectivity index (χ2n) is 5.93. The van der Waals surface area contributed by atoms with E-state index in [9.17, 15) is 26.4 Å². The average Bonchev–Trinajstić information content (AvgIpc) is 2.92. The van der Waals surface area contributed by atoms with Crippen LogP contribution in [0.5, 0.6) is 0 Å². The summed E-state index contributed by atoms with van der Waals surface area (Å²) in [6.07, 6.45) is -3.94. The zero-order valence-corrected chi connectivity index (χ0v) is 16.3. The van der Waals surface area contributed by atoms with Gasteiger partial charge in [0.15, 0.2) is 5.58 Å². The standard InChI is InChI=1S/C16H14ClF3N4O4S/c1-24-12-3-2-10(7-13(12)28-15(24)25)29(26,27)23-5-4-21-14-11(17)6-9(8-22-14)16(18,19)20/h2-3,6-8,23H,4-5H2,1H3,(H,21,22).